The van der Waals surface area contributed by atoms with E-state index in [9.17, 15) is 14.0 Å². The zero-order valence-electron chi connectivity index (χ0n) is 16.3. The summed E-state index contributed by atoms with van der Waals surface area (Å²) in [6.07, 6.45) is 3.06. The minimum absolute atomic E-state index is 0.0192. The van der Waals surface area contributed by atoms with Crippen LogP contribution in [0.4, 0.5) is 4.39 Å². The van der Waals surface area contributed by atoms with Crippen LogP contribution in [-0.4, -0.2) is 33.1 Å². The Morgan fingerprint density at radius 2 is 1.97 bits per heavy atom. The third kappa shape index (κ3) is 3.71. The number of pyridine rings is 1. The number of fused-ring (bicyclic) bond motifs is 1. The number of nitrogens with zero attached hydrogens (tertiary/aromatic N) is 3. The van der Waals surface area contributed by atoms with Crippen molar-refractivity contribution in [3.8, 4) is 11.5 Å². The molecule has 0 N–H and O–H groups in total. The molecule has 7 nitrogen and oxygen atoms in total. The van der Waals surface area contributed by atoms with Crippen LogP contribution in [-0.2, 0) is 4.74 Å². The van der Waals surface area contributed by atoms with E-state index in [1.807, 2.05) is 13.8 Å². The van der Waals surface area contributed by atoms with Gasteiger partial charge in [0.05, 0.1) is 23.4 Å². The summed E-state index contributed by atoms with van der Waals surface area (Å²) >= 11 is 0. The standard InChI is InChI=1S/C22H18FN3O4/c1-13(2)26-21-17(11-24-26)16(10-18(25-21)20-4-3-9-29-20)22(28)30-12-19(27)14-5-7-15(23)8-6-14/h3-11,13H,12H2,1-2H3. The molecule has 0 amide bonds. The van der Waals surface area contributed by atoms with E-state index in [1.165, 1.54) is 30.5 Å². The molecule has 8 heteroatoms. The Labute approximate surface area is 171 Å². The molecule has 0 saturated carbocycles. The summed E-state index contributed by atoms with van der Waals surface area (Å²) in [7, 11) is 0. The highest BCUT2D eigenvalue weighted by molar-refractivity contribution is 6.05. The Balaban J connectivity index is 1.66. The number of furan rings is 1. The second kappa shape index (κ2) is 7.90. The van der Waals surface area contributed by atoms with E-state index in [2.05, 4.69) is 10.1 Å². The summed E-state index contributed by atoms with van der Waals surface area (Å²) in [6, 6.07) is 10.1. The van der Waals surface area contributed by atoms with Crippen molar-refractivity contribution in [3.05, 3.63) is 71.9 Å². The van der Waals surface area contributed by atoms with Gasteiger partial charge >= 0.3 is 5.97 Å². The molecule has 152 valence electrons. The fraction of sp³-hybridized carbons (Fsp3) is 0.182. The van der Waals surface area contributed by atoms with Gasteiger partial charge in [-0.3, -0.25) is 4.79 Å². The summed E-state index contributed by atoms with van der Waals surface area (Å²) in [6.45, 7) is 3.43. The minimum Gasteiger partial charge on any atom is -0.463 e. The first-order chi connectivity index (χ1) is 14.4. The number of carbonyl (C=O) groups is 2. The number of ketones is 1. The largest absolute Gasteiger partial charge is 0.463 e. The van der Waals surface area contributed by atoms with Crippen LogP contribution in [0.2, 0.25) is 0 Å². The lowest BCUT2D eigenvalue weighted by Gasteiger charge is -2.10. The molecule has 0 saturated heterocycles. The van der Waals surface area contributed by atoms with E-state index >= 15 is 0 Å². The van der Waals surface area contributed by atoms with Crippen molar-refractivity contribution in [2.24, 2.45) is 0 Å². The zero-order chi connectivity index (χ0) is 21.3. The van der Waals surface area contributed by atoms with Gasteiger partial charge in [-0.1, -0.05) is 0 Å². The highest BCUT2D eigenvalue weighted by atomic mass is 19.1. The van der Waals surface area contributed by atoms with Crippen molar-refractivity contribution >= 4 is 22.8 Å². The lowest BCUT2D eigenvalue weighted by Crippen LogP contribution is -2.15. The maximum atomic E-state index is 13.0. The zero-order valence-corrected chi connectivity index (χ0v) is 16.3. The summed E-state index contributed by atoms with van der Waals surface area (Å²) in [5.41, 5.74) is 1.45. The van der Waals surface area contributed by atoms with Gasteiger partial charge in [0.1, 0.15) is 11.5 Å². The van der Waals surface area contributed by atoms with Crippen LogP contribution in [0, 0.1) is 5.82 Å². The Morgan fingerprint density at radius 1 is 1.20 bits per heavy atom. The molecule has 0 bridgehead atoms. The third-order valence-electron chi connectivity index (χ3n) is 4.55. The molecule has 0 aliphatic heterocycles. The van der Waals surface area contributed by atoms with Crippen molar-refractivity contribution in [1.29, 1.82) is 0 Å². The van der Waals surface area contributed by atoms with E-state index in [4.69, 9.17) is 9.15 Å². The Morgan fingerprint density at radius 3 is 2.63 bits per heavy atom. The van der Waals surface area contributed by atoms with Crippen LogP contribution in [0.25, 0.3) is 22.5 Å². The molecule has 4 aromatic rings. The van der Waals surface area contributed by atoms with Gasteiger partial charge in [0, 0.05) is 11.6 Å². The van der Waals surface area contributed by atoms with Gasteiger partial charge in [-0.25, -0.2) is 18.9 Å². The molecule has 1 aromatic carbocycles. The number of ether oxygens (including phenoxy) is 1. The fourth-order valence-electron chi connectivity index (χ4n) is 3.04. The SMILES string of the molecule is CC(C)n1ncc2c(C(=O)OCC(=O)c3ccc(F)cc3)cc(-c3ccco3)nc21. The van der Waals surface area contributed by atoms with Crippen molar-refractivity contribution in [2.75, 3.05) is 6.61 Å². The molecular weight excluding hydrogens is 389 g/mol. The highest BCUT2D eigenvalue weighted by Crippen LogP contribution is 2.27. The minimum atomic E-state index is -0.686. The number of esters is 1. The molecule has 0 atom stereocenters. The van der Waals surface area contributed by atoms with Crippen LogP contribution in [0.3, 0.4) is 0 Å². The van der Waals surface area contributed by atoms with Gasteiger partial charge in [-0.2, -0.15) is 5.10 Å². The topological polar surface area (TPSA) is 87.2 Å². The monoisotopic (exact) mass is 407 g/mol. The van der Waals surface area contributed by atoms with Gasteiger partial charge in [0.25, 0.3) is 0 Å². The van der Waals surface area contributed by atoms with Crippen LogP contribution in [0.1, 0.15) is 40.6 Å². The molecule has 30 heavy (non-hydrogen) atoms. The molecule has 0 radical (unpaired) electrons. The average Bonchev–Trinajstić information content (AvgIpc) is 3.41. The first-order valence-electron chi connectivity index (χ1n) is 9.32. The van der Waals surface area contributed by atoms with Gasteiger partial charge in [-0.05, 0) is 56.3 Å². The van der Waals surface area contributed by atoms with Crippen LogP contribution in [0.15, 0.2) is 59.3 Å². The lowest BCUT2D eigenvalue weighted by atomic mass is 10.1. The molecule has 0 spiro atoms. The number of hydrogen-bond acceptors (Lipinski definition) is 6. The number of halogens is 1. The number of carbonyl (C=O) groups excluding carboxylic acids is 2. The average molecular weight is 407 g/mol. The van der Waals surface area contributed by atoms with Crippen LogP contribution in [0.5, 0.6) is 0 Å². The predicted octanol–water partition coefficient (Wildman–Crippen LogP) is 4.45. The summed E-state index contributed by atoms with van der Waals surface area (Å²) < 4.78 is 25.4. The van der Waals surface area contributed by atoms with Crippen molar-refractivity contribution < 1.29 is 23.1 Å². The number of Topliss-reactive ketones (excluding diaryl/α,β-unsaturated/α-hetero) is 1. The van der Waals surface area contributed by atoms with E-state index in [0.717, 1.165) is 0 Å². The lowest BCUT2D eigenvalue weighted by molar-refractivity contribution is 0.0476. The fourth-order valence-corrected chi connectivity index (χ4v) is 3.04. The first kappa shape index (κ1) is 19.5. The first-order valence-corrected chi connectivity index (χ1v) is 9.32. The molecule has 0 aliphatic rings. The predicted molar refractivity (Wildman–Crippen MR) is 107 cm³/mol. The number of benzene rings is 1. The molecule has 0 unspecified atom stereocenters. The maximum absolute atomic E-state index is 13.0. The van der Waals surface area contributed by atoms with Crippen LogP contribution < -0.4 is 0 Å². The van der Waals surface area contributed by atoms with Gasteiger partial charge in [0.15, 0.2) is 23.8 Å². The molecule has 3 aromatic heterocycles. The molecule has 3 heterocycles. The second-order valence-corrected chi connectivity index (χ2v) is 6.96. The Bertz CT molecular complexity index is 1210. The maximum Gasteiger partial charge on any atom is 0.339 e. The Kier molecular flexibility index (Phi) is 5.14. The summed E-state index contributed by atoms with van der Waals surface area (Å²) in [5, 5.41) is 4.84. The molecule has 0 fully saturated rings. The molecule has 0 aliphatic carbocycles. The third-order valence-corrected chi connectivity index (χ3v) is 4.55. The van der Waals surface area contributed by atoms with E-state index in [-0.39, 0.29) is 17.2 Å². The van der Waals surface area contributed by atoms with Crippen molar-refractivity contribution in [2.45, 2.75) is 19.9 Å². The molecular formula is C22H18FN3O4. The van der Waals surface area contributed by atoms with E-state index in [1.54, 1.807) is 29.1 Å². The number of aromatic nitrogens is 3. The second-order valence-electron chi connectivity index (χ2n) is 6.96. The van der Waals surface area contributed by atoms with Gasteiger partial charge in [-0.15, -0.1) is 0 Å². The number of hydrogen-bond donors (Lipinski definition) is 0. The number of rotatable bonds is 6. The normalized spacial score (nSPS) is 11.2. The van der Waals surface area contributed by atoms with Crippen molar-refractivity contribution in [3.63, 3.8) is 0 Å². The van der Waals surface area contributed by atoms with Crippen molar-refractivity contribution in [1.82, 2.24) is 14.8 Å². The summed E-state index contributed by atoms with van der Waals surface area (Å²) in [5.74, 6) is -1.08. The van der Waals surface area contributed by atoms with Gasteiger partial charge < -0.3 is 9.15 Å². The van der Waals surface area contributed by atoms with Crippen LogP contribution >= 0.6 is 0 Å². The molecule has 4 rings (SSSR count). The smallest absolute Gasteiger partial charge is 0.339 e. The Hall–Kier alpha value is -3.81. The highest BCUT2D eigenvalue weighted by Gasteiger charge is 2.21. The quantitative estimate of drug-likeness (QED) is 0.347. The summed E-state index contributed by atoms with van der Waals surface area (Å²) in [4.78, 5) is 29.7. The van der Waals surface area contributed by atoms with E-state index in [0.29, 0.717) is 22.5 Å². The van der Waals surface area contributed by atoms with Gasteiger partial charge in [0.2, 0.25) is 0 Å². The van der Waals surface area contributed by atoms with E-state index < -0.39 is 24.2 Å².